The Kier molecular flexibility index (Phi) is 37.0. The third-order valence-corrected chi connectivity index (χ3v) is 16.9. The molecular formula is C77H104N12O20. The Hall–Kier alpha value is -10.2. The van der Waals surface area contributed by atoms with Gasteiger partial charge in [-0.1, -0.05) is 45.7 Å². The van der Waals surface area contributed by atoms with Gasteiger partial charge in [-0.2, -0.15) is 0 Å². The van der Waals surface area contributed by atoms with Crippen LogP contribution < -0.4 is 46.7 Å². The zero-order valence-electron chi connectivity index (χ0n) is 63.2. The molecule has 0 unspecified atom stereocenters. The van der Waals surface area contributed by atoms with E-state index in [0.717, 1.165) is 35.3 Å². The van der Waals surface area contributed by atoms with Gasteiger partial charge in [-0.25, -0.2) is 0 Å². The van der Waals surface area contributed by atoms with Crippen LogP contribution in [0.5, 0.6) is 11.5 Å². The van der Waals surface area contributed by atoms with E-state index in [-0.39, 0.29) is 81.8 Å². The SMILES string of the molecule is CCCCCN1CC=Nc2cc(OCCCC(=O)Nc3cc(C(=O)Nc4ccc(-c5cc(C(=O)Nc6ccc(NC(=O)[C@H](C)NC(=O)[C@@H](NC(=O)CCOCCOCCOCCOCCOCCOCCOCCOCCNC(=O)CCN7C(=O)C=CC7=O)C(C)C)cc6)n(C)c5)cc4)n(C)c3)c(OC)cc2C1=O. The zero-order valence-corrected chi connectivity index (χ0v) is 63.2. The van der Waals surface area contributed by atoms with E-state index < -0.39 is 47.5 Å². The molecule has 109 heavy (non-hydrogen) atoms. The van der Waals surface area contributed by atoms with Crippen molar-refractivity contribution in [3.8, 4) is 22.6 Å². The van der Waals surface area contributed by atoms with Crippen molar-refractivity contribution in [3.63, 3.8) is 0 Å². The highest BCUT2D eigenvalue weighted by Crippen LogP contribution is 2.37. The van der Waals surface area contributed by atoms with E-state index >= 15 is 0 Å². The summed E-state index contributed by atoms with van der Waals surface area (Å²) in [6.07, 6.45) is 11.1. The molecular weight excluding hydrogens is 1410 g/mol. The first kappa shape index (κ1) is 86.1. The number of aliphatic imine (C=N–C) groups is 1. The number of carbonyl (C=O) groups excluding carboxylic acids is 10. The van der Waals surface area contributed by atoms with Crippen molar-refractivity contribution in [2.75, 3.05) is 167 Å². The topological polar surface area (TPSA) is 376 Å². The third kappa shape index (κ3) is 29.7. The lowest BCUT2D eigenvalue weighted by Gasteiger charge is -2.24. The second-order valence-electron chi connectivity index (χ2n) is 25.7. The van der Waals surface area contributed by atoms with Gasteiger partial charge in [-0.15, -0.1) is 0 Å². The van der Waals surface area contributed by atoms with Gasteiger partial charge in [0, 0.05) is 112 Å². The molecule has 32 nitrogen and oxygen atoms in total. The Morgan fingerprint density at radius 3 is 1.59 bits per heavy atom. The summed E-state index contributed by atoms with van der Waals surface area (Å²) >= 11 is 0. The smallest absolute Gasteiger partial charge is 0.272 e. The molecule has 592 valence electrons. The van der Waals surface area contributed by atoms with Crippen molar-refractivity contribution in [2.45, 2.75) is 84.7 Å². The molecule has 0 radical (unpaired) electrons. The van der Waals surface area contributed by atoms with Gasteiger partial charge in [0.05, 0.1) is 143 Å². The van der Waals surface area contributed by atoms with Crippen molar-refractivity contribution >= 4 is 93.7 Å². The van der Waals surface area contributed by atoms with Gasteiger partial charge < -0.3 is 98.6 Å². The maximum atomic E-state index is 13.6. The number of benzene rings is 3. The fourth-order valence-electron chi connectivity index (χ4n) is 11.0. The summed E-state index contributed by atoms with van der Waals surface area (Å²) in [4.78, 5) is 135. The molecule has 7 N–H and O–H groups in total. The van der Waals surface area contributed by atoms with Crippen LogP contribution in [0.3, 0.4) is 0 Å². The Labute approximate surface area is 634 Å². The monoisotopic (exact) mass is 1520 g/mol. The van der Waals surface area contributed by atoms with E-state index in [4.69, 9.17) is 47.4 Å². The summed E-state index contributed by atoms with van der Waals surface area (Å²) in [6.45, 7) is 14.3. The van der Waals surface area contributed by atoms with Crippen molar-refractivity contribution in [2.24, 2.45) is 25.0 Å². The predicted molar refractivity (Wildman–Crippen MR) is 406 cm³/mol. The standard InChI is InChI=1S/C77H104N12O20/c1-8-9-10-27-88-29-25-78-62-50-66(65(100-7)49-61(62)77(88)99)109-30-11-12-68(91)81-60-48-64(87(6)52-60)75(97)83-57-15-13-55(14-16-57)56-47-63(86(5)51-56)74(96)84-59-19-17-58(18-20-59)82-73(95)54(4)80-76(98)72(53(2)3)85-69(92)24-31-101-33-35-103-37-39-105-41-43-107-45-46-108-44-42-106-40-38-104-36-34-102-32-26-79-67(90)23-28-89-70(93)21-22-71(89)94/h13-22,25,47-54,72H,8-12,23-24,26-46H2,1-7H3,(H,79,90)(H,80,98)(H,81,91)(H,82,95)(H,83,97)(H,84,96)(H,85,92)/t54-,72-/m0/s1. The fourth-order valence-corrected chi connectivity index (χ4v) is 11.0. The number of imide groups is 1. The number of methoxy groups -OCH3 is 1. The molecule has 0 saturated carbocycles. The van der Waals surface area contributed by atoms with E-state index in [0.29, 0.717) is 169 Å². The molecule has 32 heteroatoms. The van der Waals surface area contributed by atoms with Crippen LogP contribution in [0.25, 0.3) is 11.1 Å². The molecule has 0 bridgehead atoms. The normalized spacial score (nSPS) is 13.1. The number of carbonyl (C=O) groups is 10. The van der Waals surface area contributed by atoms with E-state index in [2.05, 4.69) is 49.1 Å². The number of nitrogens with zero attached hydrogens (tertiary/aromatic N) is 5. The number of unbranched alkanes of at least 4 members (excludes halogenated alkanes) is 2. The molecule has 0 fully saturated rings. The van der Waals surface area contributed by atoms with Gasteiger partial charge in [0.15, 0.2) is 11.5 Å². The lowest BCUT2D eigenvalue weighted by atomic mass is 10.0. The molecule has 2 aromatic heterocycles. The molecule has 10 amide bonds. The van der Waals surface area contributed by atoms with Crippen molar-refractivity contribution in [1.29, 1.82) is 0 Å². The number of amides is 10. The van der Waals surface area contributed by atoms with Crippen molar-refractivity contribution in [3.05, 3.63) is 114 Å². The molecule has 2 aliphatic heterocycles. The summed E-state index contributed by atoms with van der Waals surface area (Å²) in [5.74, 6) is -3.17. The predicted octanol–water partition coefficient (Wildman–Crippen LogP) is 6.23. The molecule has 3 aromatic carbocycles. The summed E-state index contributed by atoms with van der Waals surface area (Å²) in [5.41, 5.74) is 5.02. The minimum Gasteiger partial charge on any atom is -0.493 e. The van der Waals surface area contributed by atoms with Crippen LogP contribution in [0.4, 0.5) is 28.4 Å². The maximum Gasteiger partial charge on any atom is 0.272 e. The lowest BCUT2D eigenvalue weighted by Crippen LogP contribution is -2.53. The molecule has 0 aliphatic carbocycles. The molecule has 4 heterocycles. The average molecular weight is 1520 g/mol. The highest BCUT2D eigenvalue weighted by atomic mass is 16.6. The van der Waals surface area contributed by atoms with Gasteiger partial charge >= 0.3 is 0 Å². The molecule has 0 saturated heterocycles. The van der Waals surface area contributed by atoms with Crippen LogP contribution >= 0.6 is 0 Å². The average Bonchev–Trinajstić information content (AvgIpc) is 1.80. The number of nitrogens with one attached hydrogen (secondary N) is 7. The van der Waals surface area contributed by atoms with Crippen LogP contribution in [0.15, 0.2) is 102 Å². The lowest BCUT2D eigenvalue weighted by molar-refractivity contribution is -0.137. The molecule has 2 aliphatic rings. The van der Waals surface area contributed by atoms with E-state index in [1.54, 1.807) is 115 Å². The molecule has 2 atom stereocenters. The first-order chi connectivity index (χ1) is 52.7. The zero-order chi connectivity index (χ0) is 78.3. The van der Waals surface area contributed by atoms with E-state index in [1.807, 2.05) is 18.3 Å². The largest absolute Gasteiger partial charge is 0.493 e. The van der Waals surface area contributed by atoms with Gasteiger partial charge in [0.1, 0.15) is 23.5 Å². The first-order valence-electron chi connectivity index (χ1n) is 36.7. The molecule has 5 aromatic rings. The number of rotatable bonds is 52. The van der Waals surface area contributed by atoms with Gasteiger partial charge in [-0.05, 0) is 85.8 Å². The van der Waals surface area contributed by atoms with Gasteiger partial charge in [0.25, 0.3) is 29.5 Å². The van der Waals surface area contributed by atoms with Crippen LogP contribution in [0.1, 0.15) is 104 Å². The maximum absolute atomic E-state index is 13.6. The summed E-state index contributed by atoms with van der Waals surface area (Å²) in [7, 11) is 4.96. The number of aromatic nitrogens is 2. The Bertz CT molecular complexity index is 3840. The Balaban J connectivity index is 0.679. The summed E-state index contributed by atoms with van der Waals surface area (Å²) in [6, 6.07) is 18.4. The fraction of sp³-hybridized carbons (Fsp3) is 0.494. The quantitative estimate of drug-likeness (QED) is 0.0168. The summed E-state index contributed by atoms with van der Waals surface area (Å²) < 4.78 is 58.9. The number of hydrogen-bond acceptors (Lipinski definition) is 21. The number of fused-ring (bicyclic) bond motifs is 1. The van der Waals surface area contributed by atoms with Crippen LogP contribution in [-0.4, -0.2) is 242 Å². The number of anilines is 4. The molecule has 7 rings (SSSR count). The first-order valence-corrected chi connectivity index (χ1v) is 36.7. The minimum absolute atomic E-state index is 0.000300. The van der Waals surface area contributed by atoms with Crippen molar-refractivity contribution < 1.29 is 95.3 Å². The third-order valence-electron chi connectivity index (χ3n) is 16.9. The Morgan fingerprint density at radius 1 is 0.495 bits per heavy atom. The van der Waals surface area contributed by atoms with E-state index in [1.165, 1.54) is 26.2 Å². The number of hydrogen-bond donors (Lipinski definition) is 7. The number of aryl methyl sites for hydroxylation is 2. The highest BCUT2D eigenvalue weighted by molar-refractivity contribution is 6.13. The second-order valence-corrected chi connectivity index (χ2v) is 25.7. The number of ether oxygens (including phenoxy) is 10. The second kappa shape index (κ2) is 46.9. The highest BCUT2D eigenvalue weighted by Gasteiger charge is 2.29. The summed E-state index contributed by atoms with van der Waals surface area (Å²) in [5, 5.41) is 19.5. The molecule has 0 spiro atoms. The van der Waals surface area contributed by atoms with Crippen molar-refractivity contribution in [1.82, 2.24) is 34.9 Å². The van der Waals surface area contributed by atoms with Gasteiger partial charge in [-0.3, -0.25) is 57.8 Å². The Morgan fingerprint density at radius 2 is 1.03 bits per heavy atom. The van der Waals surface area contributed by atoms with Crippen LogP contribution in [-0.2, 0) is 85.6 Å². The van der Waals surface area contributed by atoms with Crippen LogP contribution in [0, 0.1) is 5.92 Å². The van der Waals surface area contributed by atoms with Crippen LogP contribution in [0.2, 0.25) is 0 Å². The van der Waals surface area contributed by atoms with E-state index in [9.17, 15) is 47.9 Å². The van der Waals surface area contributed by atoms with Gasteiger partial charge in [0.2, 0.25) is 29.5 Å². The minimum atomic E-state index is -0.970.